The first-order valence-electron chi connectivity index (χ1n) is 4.61. The highest BCUT2D eigenvalue weighted by molar-refractivity contribution is 5.82. The van der Waals surface area contributed by atoms with Crippen molar-refractivity contribution in [3.63, 3.8) is 0 Å². The van der Waals surface area contributed by atoms with Gasteiger partial charge in [0.25, 0.3) is 0 Å². The normalized spacial score (nSPS) is 15.3. The molecule has 3 N–H and O–H groups in total. The molecule has 3 heteroatoms. The predicted octanol–water partition coefficient (Wildman–Crippen LogP) is 1.27. The Morgan fingerprint density at radius 2 is 1.54 bits per heavy atom. The number of hydrogen-bond acceptors (Lipinski definition) is 2. The zero-order valence-corrected chi connectivity index (χ0v) is 9.56. The van der Waals surface area contributed by atoms with Crippen LogP contribution in [0.3, 0.4) is 0 Å². The van der Waals surface area contributed by atoms with Crippen molar-refractivity contribution in [1.82, 2.24) is 5.32 Å². The Kier molecular flexibility index (Phi) is 3.50. The van der Waals surface area contributed by atoms with Crippen molar-refractivity contribution in [1.29, 1.82) is 0 Å². The van der Waals surface area contributed by atoms with E-state index in [9.17, 15) is 4.79 Å². The maximum Gasteiger partial charge on any atom is 0.237 e. The Hall–Kier alpha value is -0.570. The summed E-state index contributed by atoms with van der Waals surface area (Å²) in [5.74, 6) is -0.0833. The molecule has 78 valence electrons. The molecule has 0 aliphatic rings. The molecule has 0 rings (SSSR count). The van der Waals surface area contributed by atoms with Crippen molar-refractivity contribution in [2.45, 2.75) is 53.1 Å². The number of carbonyl (C=O) groups excluding carboxylic acids is 1. The monoisotopic (exact) mass is 186 g/mol. The number of nitrogens with one attached hydrogen (secondary N) is 1. The van der Waals surface area contributed by atoms with Crippen LogP contribution in [0.2, 0.25) is 0 Å². The Morgan fingerprint density at radius 3 is 1.77 bits per heavy atom. The van der Waals surface area contributed by atoms with Crippen LogP contribution in [0.5, 0.6) is 0 Å². The number of amides is 1. The van der Waals surface area contributed by atoms with Gasteiger partial charge >= 0.3 is 0 Å². The average molecular weight is 186 g/mol. The second-order valence-corrected chi connectivity index (χ2v) is 5.58. The van der Waals surface area contributed by atoms with E-state index >= 15 is 0 Å². The fourth-order valence-electron chi connectivity index (χ4n) is 0.841. The van der Waals surface area contributed by atoms with Crippen molar-refractivity contribution in [2.75, 3.05) is 0 Å². The number of hydrogen-bond donors (Lipinski definition) is 2. The Morgan fingerprint density at radius 1 is 1.15 bits per heavy atom. The quantitative estimate of drug-likeness (QED) is 0.648. The topological polar surface area (TPSA) is 55.1 Å². The van der Waals surface area contributed by atoms with Gasteiger partial charge in [-0.25, -0.2) is 0 Å². The third kappa shape index (κ3) is 4.88. The van der Waals surface area contributed by atoms with Gasteiger partial charge < -0.3 is 11.1 Å². The van der Waals surface area contributed by atoms with Crippen molar-refractivity contribution in [3.05, 3.63) is 0 Å². The van der Waals surface area contributed by atoms with Gasteiger partial charge in [0.1, 0.15) is 0 Å². The smallest absolute Gasteiger partial charge is 0.237 e. The van der Waals surface area contributed by atoms with Gasteiger partial charge in [0.15, 0.2) is 0 Å². The molecule has 0 fully saturated rings. The highest BCUT2D eigenvalue weighted by atomic mass is 16.2. The van der Waals surface area contributed by atoms with Crippen LogP contribution >= 0.6 is 0 Å². The van der Waals surface area contributed by atoms with Gasteiger partial charge in [0.05, 0.1) is 6.04 Å². The summed E-state index contributed by atoms with van der Waals surface area (Å²) in [5.41, 5.74) is 5.40. The molecule has 0 saturated carbocycles. The zero-order valence-electron chi connectivity index (χ0n) is 9.56. The van der Waals surface area contributed by atoms with E-state index in [0.717, 1.165) is 0 Å². The minimum Gasteiger partial charge on any atom is -0.350 e. The third-order valence-electron chi connectivity index (χ3n) is 1.71. The van der Waals surface area contributed by atoms with E-state index < -0.39 is 6.04 Å². The largest absolute Gasteiger partial charge is 0.350 e. The average Bonchev–Trinajstić information content (AvgIpc) is 1.79. The van der Waals surface area contributed by atoms with Crippen LogP contribution in [0.4, 0.5) is 0 Å². The standard InChI is InChI=1S/C10H22N2O/c1-9(2,3)7(11)8(13)12-10(4,5)6/h7H,11H2,1-6H3,(H,12,13)/t7-/m1/s1. The van der Waals surface area contributed by atoms with Crippen LogP contribution in [-0.4, -0.2) is 17.5 Å². The molecule has 0 spiro atoms. The zero-order chi connectivity index (χ0) is 10.9. The molecule has 0 radical (unpaired) electrons. The molecule has 0 heterocycles. The Labute approximate surface area is 81.1 Å². The summed E-state index contributed by atoms with van der Waals surface area (Å²) in [6, 6.07) is -0.452. The van der Waals surface area contributed by atoms with E-state index in [-0.39, 0.29) is 16.9 Å². The highest BCUT2D eigenvalue weighted by Gasteiger charge is 2.29. The van der Waals surface area contributed by atoms with E-state index in [4.69, 9.17) is 5.73 Å². The molecule has 0 aromatic rings. The summed E-state index contributed by atoms with van der Waals surface area (Å²) in [6.07, 6.45) is 0. The van der Waals surface area contributed by atoms with Crippen LogP contribution < -0.4 is 11.1 Å². The van der Waals surface area contributed by atoms with Crippen LogP contribution in [0.1, 0.15) is 41.5 Å². The second-order valence-electron chi connectivity index (χ2n) is 5.58. The van der Waals surface area contributed by atoms with Crippen LogP contribution in [0, 0.1) is 5.41 Å². The van der Waals surface area contributed by atoms with Crippen LogP contribution in [0.25, 0.3) is 0 Å². The van der Waals surface area contributed by atoms with E-state index in [1.54, 1.807) is 0 Å². The Balaban J connectivity index is 4.30. The van der Waals surface area contributed by atoms with Gasteiger partial charge in [0.2, 0.25) is 5.91 Å². The molecule has 1 amide bonds. The second kappa shape index (κ2) is 3.66. The van der Waals surface area contributed by atoms with Gasteiger partial charge in [-0.15, -0.1) is 0 Å². The van der Waals surface area contributed by atoms with Gasteiger partial charge in [0, 0.05) is 5.54 Å². The highest BCUT2D eigenvalue weighted by Crippen LogP contribution is 2.17. The van der Waals surface area contributed by atoms with E-state index in [2.05, 4.69) is 5.32 Å². The number of rotatable bonds is 1. The maximum absolute atomic E-state index is 11.6. The summed E-state index contributed by atoms with van der Waals surface area (Å²) < 4.78 is 0. The first-order valence-corrected chi connectivity index (χ1v) is 4.61. The summed E-state index contributed by atoms with van der Waals surface area (Å²) >= 11 is 0. The first kappa shape index (κ1) is 12.4. The fourth-order valence-corrected chi connectivity index (χ4v) is 0.841. The Bertz CT molecular complexity index is 186. The third-order valence-corrected chi connectivity index (χ3v) is 1.71. The molecule has 1 atom stereocenters. The molecule has 0 aliphatic heterocycles. The molecular weight excluding hydrogens is 164 g/mol. The van der Waals surface area contributed by atoms with Crippen LogP contribution in [-0.2, 0) is 4.79 Å². The number of nitrogens with two attached hydrogens (primary N) is 1. The van der Waals surface area contributed by atoms with E-state index in [1.165, 1.54) is 0 Å². The minimum atomic E-state index is -0.452. The molecule has 3 nitrogen and oxygen atoms in total. The molecule has 13 heavy (non-hydrogen) atoms. The summed E-state index contributed by atoms with van der Waals surface area (Å²) in [7, 11) is 0. The molecule has 0 aromatic heterocycles. The van der Waals surface area contributed by atoms with Gasteiger partial charge in [-0.05, 0) is 26.2 Å². The lowest BCUT2D eigenvalue weighted by Crippen LogP contribution is -2.53. The van der Waals surface area contributed by atoms with E-state index in [0.29, 0.717) is 0 Å². The molecule has 0 aromatic carbocycles. The molecule has 0 saturated heterocycles. The SMILES string of the molecule is CC(C)(C)NC(=O)[C@@H](N)C(C)(C)C. The molecule has 0 aliphatic carbocycles. The van der Waals surface area contributed by atoms with E-state index in [1.807, 2.05) is 41.5 Å². The van der Waals surface area contributed by atoms with Gasteiger partial charge in [-0.3, -0.25) is 4.79 Å². The maximum atomic E-state index is 11.6. The first-order chi connectivity index (χ1) is 5.54. The molecule has 0 unspecified atom stereocenters. The van der Waals surface area contributed by atoms with Crippen molar-refractivity contribution < 1.29 is 4.79 Å². The molecule has 0 bridgehead atoms. The minimum absolute atomic E-state index is 0.0833. The number of carbonyl (C=O) groups is 1. The van der Waals surface area contributed by atoms with Crippen molar-refractivity contribution in [2.24, 2.45) is 11.1 Å². The summed E-state index contributed by atoms with van der Waals surface area (Å²) in [4.78, 5) is 11.6. The van der Waals surface area contributed by atoms with Gasteiger partial charge in [-0.2, -0.15) is 0 Å². The van der Waals surface area contributed by atoms with Crippen molar-refractivity contribution in [3.8, 4) is 0 Å². The lowest BCUT2D eigenvalue weighted by Gasteiger charge is -2.29. The predicted molar refractivity (Wildman–Crippen MR) is 55.3 cm³/mol. The van der Waals surface area contributed by atoms with Crippen LogP contribution in [0.15, 0.2) is 0 Å². The summed E-state index contributed by atoms with van der Waals surface area (Å²) in [5, 5.41) is 2.86. The fraction of sp³-hybridized carbons (Fsp3) is 0.900. The lowest BCUT2D eigenvalue weighted by molar-refractivity contribution is -0.125. The molecular formula is C10H22N2O. The van der Waals surface area contributed by atoms with Gasteiger partial charge in [-0.1, -0.05) is 20.8 Å². The lowest BCUT2D eigenvalue weighted by atomic mass is 9.86. The van der Waals surface area contributed by atoms with Crippen molar-refractivity contribution >= 4 is 5.91 Å². The summed E-state index contributed by atoms with van der Waals surface area (Å²) in [6.45, 7) is 11.7.